The Bertz CT molecular complexity index is 557. The number of rotatable bonds is 4. The van der Waals surface area contributed by atoms with Gasteiger partial charge in [0, 0.05) is 12.6 Å². The Morgan fingerprint density at radius 3 is 3.00 bits per heavy atom. The Hall–Kier alpha value is -1.63. The zero-order chi connectivity index (χ0) is 13.8. The third kappa shape index (κ3) is 3.72. The molecule has 21 heavy (non-hydrogen) atoms. The minimum Gasteiger partial charge on any atom is -0.496 e. The van der Waals surface area contributed by atoms with Crippen molar-refractivity contribution in [2.45, 2.75) is 12.5 Å². The lowest BCUT2D eigenvalue weighted by Crippen LogP contribution is -2.42. The fraction of sp³-hybridized carbons (Fsp3) is 0.429. The van der Waals surface area contributed by atoms with Gasteiger partial charge in [-0.15, -0.1) is 12.4 Å². The number of nitrogens with zero attached hydrogens (tertiary/aromatic N) is 2. The average molecular weight is 312 g/mol. The number of nitrogens with one attached hydrogen (secondary N) is 1. The monoisotopic (exact) mass is 311 g/mol. The van der Waals surface area contributed by atoms with Gasteiger partial charge in [-0.1, -0.05) is 11.2 Å². The normalized spacial score (nSPS) is 18.0. The van der Waals surface area contributed by atoms with Gasteiger partial charge in [-0.05, 0) is 24.1 Å². The molecule has 0 saturated carbocycles. The lowest BCUT2D eigenvalue weighted by molar-refractivity contribution is 0.0770. The summed E-state index contributed by atoms with van der Waals surface area (Å²) < 4.78 is 15.6. The van der Waals surface area contributed by atoms with Crippen LogP contribution in [0.2, 0.25) is 0 Å². The summed E-state index contributed by atoms with van der Waals surface area (Å²) in [5, 5.41) is 7.32. The maximum Gasteiger partial charge on any atom is 0.214 e. The second kappa shape index (κ2) is 7.40. The van der Waals surface area contributed by atoms with Gasteiger partial charge in [-0.25, -0.2) is 0 Å². The number of ether oxygens (including phenoxy) is 2. The van der Waals surface area contributed by atoms with Crippen molar-refractivity contribution in [2.75, 3.05) is 26.9 Å². The summed E-state index contributed by atoms with van der Waals surface area (Å²) in [4.78, 5) is 4.08. The lowest BCUT2D eigenvalue weighted by Gasteiger charge is -2.24. The molecule has 7 heteroatoms. The quantitative estimate of drug-likeness (QED) is 0.927. The highest BCUT2D eigenvalue weighted by molar-refractivity contribution is 5.85. The van der Waals surface area contributed by atoms with E-state index in [0.717, 1.165) is 37.5 Å². The first-order chi connectivity index (χ1) is 9.86. The molecule has 1 fully saturated rings. The van der Waals surface area contributed by atoms with E-state index in [4.69, 9.17) is 14.0 Å². The topological polar surface area (TPSA) is 69.4 Å². The van der Waals surface area contributed by atoms with Gasteiger partial charge in [-0.2, -0.15) is 4.98 Å². The van der Waals surface area contributed by atoms with E-state index in [1.54, 1.807) is 7.11 Å². The lowest BCUT2D eigenvalue weighted by atomic mass is 10.0. The summed E-state index contributed by atoms with van der Waals surface area (Å²) in [6.45, 7) is 2.43. The standard InChI is InChI=1S/C14H17N3O3.ClH/c1-18-13-3-2-10(6-11-8-19-5-4-15-11)7-12(13)14-16-9-20-17-14;/h2-3,7,9,11,15H,4-6,8H2,1H3;1H/t11-;/m1./s1. The molecule has 1 aliphatic rings. The van der Waals surface area contributed by atoms with Gasteiger partial charge < -0.3 is 19.3 Å². The van der Waals surface area contributed by atoms with Gasteiger partial charge >= 0.3 is 0 Å². The third-order valence-corrected chi connectivity index (χ3v) is 3.35. The van der Waals surface area contributed by atoms with E-state index in [1.165, 1.54) is 12.0 Å². The van der Waals surface area contributed by atoms with E-state index in [-0.39, 0.29) is 12.4 Å². The molecule has 1 saturated heterocycles. The first-order valence-corrected chi connectivity index (χ1v) is 6.61. The van der Waals surface area contributed by atoms with Gasteiger partial charge in [0.25, 0.3) is 0 Å². The van der Waals surface area contributed by atoms with Crippen molar-refractivity contribution in [3.8, 4) is 17.1 Å². The highest BCUT2D eigenvalue weighted by atomic mass is 35.5. The van der Waals surface area contributed by atoms with Crippen molar-refractivity contribution in [2.24, 2.45) is 0 Å². The van der Waals surface area contributed by atoms with Gasteiger partial charge in [-0.3, -0.25) is 0 Å². The molecular formula is C14H18ClN3O3. The van der Waals surface area contributed by atoms with Gasteiger partial charge in [0.05, 0.1) is 25.9 Å². The van der Waals surface area contributed by atoms with Crippen molar-refractivity contribution in [3.63, 3.8) is 0 Å². The van der Waals surface area contributed by atoms with E-state index in [1.807, 2.05) is 12.1 Å². The molecule has 2 aromatic rings. The number of hydrogen-bond acceptors (Lipinski definition) is 6. The minimum absolute atomic E-state index is 0. The van der Waals surface area contributed by atoms with Crippen molar-refractivity contribution in [3.05, 3.63) is 30.2 Å². The number of benzene rings is 1. The SMILES string of the molecule is COc1ccc(C[C@@H]2COCCN2)cc1-c1ncon1.Cl. The number of aromatic nitrogens is 2. The highest BCUT2D eigenvalue weighted by Gasteiger charge is 2.16. The molecule has 0 unspecified atom stereocenters. The molecule has 0 bridgehead atoms. The molecule has 6 nitrogen and oxygen atoms in total. The van der Waals surface area contributed by atoms with Gasteiger partial charge in [0.15, 0.2) is 0 Å². The van der Waals surface area contributed by atoms with Crippen LogP contribution in [0, 0.1) is 0 Å². The van der Waals surface area contributed by atoms with E-state index >= 15 is 0 Å². The van der Waals surface area contributed by atoms with Crippen molar-refractivity contribution in [1.82, 2.24) is 15.5 Å². The first-order valence-electron chi connectivity index (χ1n) is 6.61. The maximum absolute atomic E-state index is 5.47. The Kier molecular flexibility index (Phi) is 5.55. The van der Waals surface area contributed by atoms with E-state index < -0.39 is 0 Å². The number of methoxy groups -OCH3 is 1. The van der Waals surface area contributed by atoms with Crippen LogP contribution in [0.3, 0.4) is 0 Å². The Labute approximate surface area is 129 Å². The van der Waals surface area contributed by atoms with Crippen LogP contribution in [0.5, 0.6) is 5.75 Å². The largest absolute Gasteiger partial charge is 0.496 e. The summed E-state index contributed by atoms with van der Waals surface area (Å²) in [7, 11) is 1.63. The molecule has 0 radical (unpaired) electrons. The summed E-state index contributed by atoms with van der Waals surface area (Å²) >= 11 is 0. The van der Waals surface area contributed by atoms with Crippen LogP contribution in [0.1, 0.15) is 5.56 Å². The molecule has 1 N–H and O–H groups in total. The molecule has 1 aromatic carbocycles. The summed E-state index contributed by atoms with van der Waals surface area (Å²) in [6, 6.07) is 6.37. The average Bonchev–Trinajstić information content (AvgIpc) is 3.02. The van der Waals surface area contributed by atoms with E-state index in [2.05, 4.69) is 21.5 Å². The van der Waals surface area contributed by atoms with Crippen molar-refractivity contribution < 1.29 is 14.0 Å². The Morgan fingerprint density at radius 1 is 1.43 bits per heavy atom. The Morgan fingerprint density at radius 2 is 2.33 bits per heavy atom. The Balaban J connectivity index is 0.00000161. The summed E-state index contributed by atoms with van der Waals surface area (Å²) in [6.07, 6.45) is 2.22. The fourth-order valence-corrected chi connectivity index (χ4v) is 2.38. The zero-order valence-corrected chi connectivity index (χ0v) is 12.6. The van der Waals surface area contributed by atoms with Crippen LogP contribution in [0.4, 0.5) is 0 Å². The molecule has 3 rings (SSSR count). The van der Waals surface area contributed by atoms with Gasteiger partial charge in [0.1, 0.15) is 5.75 Å². The van der Waals surface area contributed by atoms with Crippen LogP contribution < -0.4 is 10.1 Å². The van der Waals surface area contributed by atoms with E-state index in [9.17, 15) is 0 Å². The molecule has 1 aromatic heterocycles. The second-order valence-corrected chi connectivity index (χ2v) is 4.72. The smallest absolute Gasteiger partial charge is 0.214 e. The molecule has 0 spiro atoms. The van der Waals surface area contributed by atoms with Crippen molar-refractivity contribution in [1.29, 1.82) is 0 Å². The van der Waals surface area contributed by atoms with Crippen LogP contribution >= 0.6 is 12.4 Å². The highest BCUT2D eigenvalue weighted by Crippen LogP contribution is 2.28. The predicted octanol–water partition coefficient (Wildman–Crippen LogP) is 1.70. The first kappa shape index (κ1) is 15.8. The zero-order valence-electron chi connectivity index (χ0n) is 11.7. The molecule has 1 aliphatic heterocycles. The van der Waals surface area contributed by atoms with Crippen molar-refractivity contribution >= 4 is 12.4 Å². The molecule has 1 atom stereocenters. The fourth-order valence-electron chi connectivity index (χ4n) is 2.38. The summed E-state index contributed by atoms with van der Waals surface area (Å²) in [5.41, 5.74) is 2.03. The predicted molar refractivity (Wildman–Crippen MR) is 79.8 cm³/mol. The van der Waals surface area contributed by atoms with Crippen LogP contribution in [0.25, 0.3) is 11.4 Å². The molecule has 0 aliphatic carbocycles. The van der Waals surface area contributed by atoms with E-state index in [0.29, 0.717) is 11.9 Å². The molecule has 0 amide bonds. The second-order valence-electron chi connectivity index (χ2n) is 4.72. The third-order valence-electron chi connectivity index (χ3n) is 3.35. The van der Waals surface area contributed by atoms with Crippen LogP contribution in [0.15, 0.2) is 29.1 Å². The molecular weight excluding hydrogens is 294 g/mol. The van der Waals surface area contributed by atoms with Crippen LogP contribution in [-0.2, 0) is 11.2 Å². The number of hydrogen-bond donors (Lipinski definition) is 1. The number of morpholine rings is 1. The summed E-state index contributed by atoms with van der Waals surface area (Å²) in [5.74, 6) is 1.28. The van der Waals surface area contributed by atoms with Crippen LogP contribution in [-0.4, -0.2) is 43.1 Å². The molecule has 2 heterocycles. The minimum atomic E-state index is 0. The molecule has 114 valence electrons. The maximum atomic E-state index is 5.47. The van der Waals surface area contributed by atoms with Gasteiger partial charge in [0.2, 0.25) is 12.2 Å². The number of halogens is 1.